The van der Waals surface area contributed by atoms with Gasteiger partial charge in [-0.15, -0.1) is 0 Å². The molecule has 3 aromatic rings. The zero-order valence-electron chi connectivity index (χ0n) is 24.5. The number of ether oxygens (including phenoxy) is 6. The van der Waals surface area contributed by atoms with E-state index in [1.807, 2.05) is 0 Å². The summed E-state index contributed by atoms with van der Waals surface area (Å²) in [5.41, 5.74) is 1.12. The highest BCUT2D eigenvalue weighted by Crippen LogP contribution is 2.31. The van der Waals surface area contributed by atoms with E-state index in [9.17, 15) is 27.6 Å². The average Bonchev–Trinajstić information content (AvgIpc) is 3.34. The van der Waals surface area contributed by atoms with Crippen molar-refractivity contribution in [1.82, 2.24) is 3.97 Å². The van der Waals surface area contributed by atoms with E-state index in [4.69, 9.17) is 28.4 Å². The minimum Gasteiger partial charge on any atom is -0.463 e. The lowest BCUT2D eigenvalue weighted by Gasteiger charge is -2.44. The molecule has 1 fully saturated rings. The molecule has 13 nitrogen and oxygen atoms in total. The summed E-state index contributed by atoms with van der Waals surface area (Å²) in [4.78, 5) is 47.7. The normalized spacial score (nSPS) is 21.8. The second-order valence-electron chi connectivity index (χ2n) is 9.97. The lowest BCUT2D eigenvalue weighted by Crippen LogP contribution is -2.63. The van der Waals surface area contributed by atoms with Gasteiger partial charge in [0.2, 0.25) is 0 Å². The number of hydrogen-bond acceptors (Lipinski definition) is 12. The van der Waals surface area contributed by atoms with E-state index in [2.05, 4.69) is 0 Å². The molecule has 1 aliphatic rings. The van der Waals surface area contributed by atoms with Crippen LogP contribution in [0.25, 0.3) is 10.9 Å². The standard InChI is InChI=1S/C30H33NO12S/c1-18(32)39-17-26-27(40-19(2)33)28(41-20(3)34)29(42-21(4)35)30(43-26)38-15-14-22-16-31(25-13-9-8-12-24(22)25)44(36,37)23-10-6-5-7-11-23/h5-13,16,26-30H,14-15,17H2,1-4H3/t26-,27-,28+,29-,30+/m1/s1. The molecular weight excluding hydrogens is 598 g/mol. The van der Waals surface area contributed by atoms with Crippen molar-refractivity contribution in [1.29, 1.82) is 0 Å². The van der Waals surface area contributed by atoms with Crippen LogP contribution < -0.4 is 0 Å². The zero-order chi connectivity index (χ0) is 32.0. The van der Waals surface area contributed by atoms with Crippen molar-refractivity contribution in [3.05, 3.63) is 66.4 Å². The van der Waals surface area contributed by atoms with Crippen molar-refractivity contribution in [3.63, 3.8) is 0 Å². The van der Waals surface area contributed by atoms with Crippen LogP contribution in [-0.2, 0) is 64.0 Å². The summed E-state index contributed by atoms with van der Waals surface area (Å²) in [7, 11) is -3.91. The fourth-order valence-electron chi connectivity index (χ4n) is 4.93. The SMILES string of the molecule is CC(=O)OC[C@H]1O[C@H](OCCc2cn(S(=O)(=O)c3ccccc3)c3ccccc23)[C@H](OC(C)=O)[C@@H](OC(C)=O)[C@@H]1OC(C)=O. The first-order chi connectivity index (χ1) is 20.9. The average molecular weight is 632 g/mol. The maximum atomic E-state index is 13.5. The number of carbonyl (C=O) groups is 4. The molecule has 14 heteroatoms. The fraction of sp³-hybridized carbons (Fsp3) is 0.400. The highest BCUT2D eigenvalue weighted by Gasteiger charge is 2.52. The van der Waals surface area contributed by atoms with Crippen molar-refractivity contribution in [2.45, 2.75) is 69.7 Å². The Hall–Kier alpha value is -4.27. The molecule has 0 amide bonds. The van der Waals surface area contributed by atoms with Gasteiger partial charge >= 0.3 is 23.9 Å². The highest BCUT2D eigenvalue weighted by atomic mass is 32.2. The Morgan fingerprint density at radius 1 is 0.773 bits per heavy atom. The lowest BCUT2D eigenvalue weighted by atomic mass is 9.98. The van der Waals surface area contributed by atoms with Crippen LogP contribution in [0.2, 0.25) is 0 Å². The van der Waals surface area contributed by atoms with E-state index in [1.165, 1.54) is 29.2 Å². The van der Waals surface area contributed by atoms with Crippen LogP contribution in [0.15, 0.2) is 65.7 Å². The molecule has 1 saturated heterocycles. The van der Waals surface area contributed by atoms with Crippen LogP contribution in [0, 0.1) is 0 Å². The monoisotopic (exact) mass is 631 g/mol. The van der Waals surface area contributed by atoms with Crippen LogP contribution >= 0.6 is 0 Å². The topological polar surface area (TPSA) is 163 Å². The smallest absolute Gasteiger partial charge is 0.303 e. The van der Waals surface area contributed by atoms with Crippen molar-refractivity contribution in [2.75, 3.05) is 13.2 Å². The van der Waals surface area contributed by atoms with Crippen molar-refractivity contribution in [3.8, 4) is 0 Å². The summed E-state index contributed by atoms with van der Waals surface area (Å²) in [6.45, 7) is 4.12. The molecule has 0 radical (unpaired) electrons. The van der Waals surface area contributed by atoms with Crippen LogP contribution in [0.1, 0.15) is 33.3 Å². The number of esters is 4. The molecule has 1 aliphatic heterocycles. The molecule has 0 bridgehead atoms. The summed E-state index contributed by atoms with van der Waals surface area (Å²) in [6.07, 6.45) is -4.82. The highest BCUT2D eigenvalue weighted by molar-refractivity contribution is 7.90. The van der Waals surface area contributed by atoms with Gasteiger partial charge in [0.1, 0.15) is 12.7 Å². The number of para-hydroxylation sites is 1. The molecular formula is C30H33NO12S. The third-order valence-electron chi connectivity index (χ3n) is 6.66. The van der Waals surface area contributed by atoms with Gasteiger partial charge in [-0.1, -0.05) is 36.4 Å². The summed E-state index contributed by atoms with van der Waals surface area (Å²) in [6, 6.07) is 15.0. The molecule has 236 valence electrons. The second-order valence-corrected chi connectivity index (χ2v) is 11.8. The number of nitrogens with zero attached hydrogens (tertiary/aromatic N) is 1. The molecule has 1 aromatic heterocycles. The fourth-order valence-corrected chi connectivity index (χ4v) is 6.34. The lowest BCUT2D eigenvalue weighted by molar-refractivity contribution is -0.307. The van der Waals surface area contributed by atoms with Gasteiger partial charge in [-0.3, -0.25) is 19.2 Å². The molecule has 0 aliphatic carbocycles. The largest absolute Gasteiger partial charge is 0.463 e. The molecule has 2 aromatic carbocycles. The van der Waals surface area contributed by atoms with Gasteiger partial charge in [-0.25, -0.2) is 12.4 Å². The maximum absolute atomic E-state index is 13.5. The third-order valence-corrected chi connectivity index (χ3v) is 8.35. The molecule has 0 N–H and O–H groups in total. The van der Waals surface area contributed by atoms with Crippen LogP contribution in [-0.4, -0.2) is 80.2 Å². The van der Waals surface area contributed by atoms with Gasteiger partial charge in [-0.2, -0.15) is 0 Å². The summed E-state index contributed by atoms with van der Waals surface area (Å²) >= 11 is 0. The van der Waals surface area contributed by atoms with Gasteiger partial charge in [0.05, 0.1) is 17.0 Å². The molecule has 0 saturated carbocycles. The number of carbonyl (C=O) groups excluding carboxylic acids is 4. The molecule has 5 atom stereocenters. The maximum Gasteiger partial charge on any atom is 0.303 e. The predicted octanol–water partition coefficient (Wildman–Crippen LogP) is 2.52. The zero-order valence-corrected chi connectivity index (χ0v) is 25.4. The van der Waals surface area contributed by atoms with E-state index >= 15 is 0 Å². The molecule has 0 spiro atoms. The van der Waals surface area contributed by atoms with E-state index in [1.54, 1.807) is 42.5 Å². The van der Waals surface area contributed by atoms with Gasteiger partial charge in [0, 0.05) is 39.3 Å². The molecule has 0 unspecified atom stereocenters. The summed E-state index contributed by atoms with van der Waals surface area (Å²) in [5, 5.41) is 0.678. The first kappa shape index (κ1) is 32.6. The van der Waals surface area contributed by atoms with E-state index < -0.39 is 64.6 Å². The molecule has 4 rings (SSSR count). The Kier molecular flexibility index (Phi) is 10.4. The number of hydrogen-bond donors (Lipinski definition) is 0. The number of aromatic nitrogens is 1. The Balaban J connectivity index is 1.62. The summed E-state index contributed by atoms with van der Waals surface area (Å²) < 4.78 is 61.4. The number of benzene rings is 2. The summed E-state index contributed by atoms with van der Waals surface area (Å²) in [5.74, 6) is -2.89. The number of rotatable bonds is 11. The van der Waals surface area contributed by atoms with E-state index in [0.29, 0.717) is 16.5 Å². The first-order valence-electron chi connectivity index (χ1n) is 13.7. The third kappa shape index (κ3) is 7.62. The van der Waals surface area contributed by atoms with Gasteiger partial charge in [0.25, 0.3) is 10.0 Å². The first-order valence-corrected chi connectivity index (χ1v) is 15.1. The second kappa shape index (κ2) is 14.0. The van der Waals surface area contributed by atoms with Crippen molar-refractivity contribution < 1.29 is 56.0 Å². The molecule has 2 heterocycles. The Labute approximate surface area is 254 Å². The minimum atomic E-state index is -3.91. The van der Waals surface area contributed by atoms with Crippen LogP contribution in [0.5, 0.6) is 0 Å². The van der Waals surface area contributed by atoms with Gasteiger partial charge < -0.3 is 28.4 Å². The van der Waals surface area contributed by atoms with Gasteiger partial charge in [-0.05, 0) is 30.2 Å². The van der Waals surface area contributed by atoms with Crippen LogP contribution in [0.4, 0.5) is 0 Å². The van der Waals surface area contributed by atoms with E-state index in [-0.39, 0.29) is 24.5 Å². The van der Waals surface area contributed by atoms with Crippen LogP contribution in [0.3, 0.4) is 0 Å². The minimum absolute atomic E-state index is 0.0624. The Morgan fingerprint density at radius 2 is 1.36 bits per heavy atom. The molecule has 44 heavy (non-hydrogen) atoms. The predicted molar refractivity (Wildman–Crippen MR) is 153 cm³/mol. The Morgan fingerprint density at radius 3 is 2.00 bits per heavy atom. The van der Waals surface area contributed by atoms with Crippen molar-refractivity contribution >= 4 is 44.8 Å². The quantitative estimate of drug-likeness (QED) is 0.225. The number of fused-ring (bicyclic) bond motifs is 1. The Bertz CT molecular complexity index is 1620. The van der Waals surface area contributed by atoms with Gasteiger partial charge in [0.15, 0.2) is 24.6 Å². The van der Waals surface area contributed by atoms with Crippen molar-refractivity contribution in [2.24, 2.45) is 0 Å². The van der Waals surface area contributed by atoms with E-state index in [0.717, 1.165) is 20.8 Å².